The number of hydrogen-bond acceptors (Lipinski definition) is 5. The standard InChI is InChI=1S/C15H16ClN3O5/c1-15(9-5-3-4-6-10(9)16)13(22)19(14(23)18-15)8-11(20)17-7-12(21)24-2/h3-6H,7-8H2,1-2H3,(H,17,20)(H,18,23). The second-order valence-electron chi connectivity index (χ2n) is 5.28. The first-order chi connectivity index (χ1) is 11.3. The van der Waals surface area contributed by atoms with Crippen molar-refractivity contribution in [3.8, 4) is 0 Å². The lowest BCUT2D eigenvalue weighted by Gasteiger charge is -2.23. The molecular weight excluding hydrogens is 338 g/mol. The molecule has 1 saturated heterocycles. The van der Waals surface area contributed by atoms with Crippen molar-refractivity contribution in [1.82, 2.24) is 15.5 Å². The highest BCUT2D eigenvalue weighted by Gasteiger charge is 2.50. The number of hydrogen-bond donors (Lipinski definition) is 2. The van der Waals surface area contributed by atoms with E-state index in [0.717, 1.165) is 4.90 Å². The number of urea groups is 1. The molecule has 8 nitrogen and oxygen atoms in total. The molecule has 24 heavy (non-hydrogen) atoms. The van der Waals surface area contributed by atoms with E-state index in [1.165, 1.54) is 14.0 Å². The summed E-state index contributed by atoms with van der Waals surface area (Å²) in [5, 5.41) is 5.14. The molecule has 0 radical (unpaired) electrons. The third-order valence-corrected chi connectivity index (χ3v) is 3.98. The lowest BCUT2D eigenvalue weighted by atomic mass is 9.92. The molecule has 1 aliphatic heterocycles. The molecule has 0 bridgehead atoms. The topological polar surface area (TPSA) is 105 Å². The number of methoxy groups -OCH3 is 1. The van der Waals surface area contributed by atoms with Crippen LogP contribution in [-0.4, -0.2) is 48.9 Å². The van der Waals surface area contributed by atoms with Crippen molar-refractivity contribution < 1.29 is 23.9 Å². The number of ether oxygens (including phenoxy) is 1. The average Bonchev–Trinajstić information content (AvgIpc) is 2.77. The summed E-state index contributed by atoms with van der Waals surface area (Å²) >= 11 is 6.11. The zero-order valence-electron chi connectivity index (χ0n) is 13.1. The number of esters is 1. The summed E-state index contributed by atoms with van der Waals surface area (Å²) in [5.74, 6) is -1.90. The Morgan fingerprint density at radius 3 is 2.62 bits per heavy atom. The zero-order chi connectivity index (χ0) is 17.9. The summed E-state index contributed by atoms with van der Waals surface area (Å²) in [6.45, 7) is 0.656. The SMILES string of the molecule is COC(=O)CNC(=O)CN1C(=O)NC(C)(c2ccccc2Cl)C1=O. The van der Waals surface area contributed by atoms with Crippen LogP contribution in [-0.2, 0) is 24.7 Å². The summed E-state index contributed by atoms with van der Waals surface area (Å²) in [6, 6.07) is 5.91. The Bertz CT molecular complexity index is 708. The first-order valence-electron chi connectivity index (χ1n) is 7.02. The molecule has 0 spiro atoms. The number of carbonyl (C=O) groups excluding carboxylic acids is 4. The maximum Gasteiger partial charge on any atom is 0.325 e. The quantitative estimate of drug-likeness (QED) is 0.588. The van der Waals surface area contributed by atoms with Crippen molar-refractivity contribution in [2.75, 3.05) is 20.2 Å². The molecule has 1 fully saturated rings. The normalized spacial score (nSPS) is 19.9. The summed E-state index contributed by atoms with van der Waals surface area (Å²) in [4.78, 5) is 48.3. The van der Waals surface area contributed by atoms with E-state index in [-0.39, 0.29) is 6.54 Å². The van der Waals surface area contributed by atoms with Gasteiger partial charge < -0.3 is 15.4 Å². The first kappa shape index (κ1) is 17.7. The fourth-order valence-corrected chi connectivity index (χ4v) is 2.66. The zero-order valence-corrected chi connectivity index (χ0v) is 13.8. The molecule has 0 saturated carbocycles. The fraction of sp³-hybridized carbons (Fsp3) is 0.333. The number of nitrogens with one attached hydrogen (secondary N) is 2. The summed E-state index contributed by atoms with van der Waals surface area (Å²) in [7, 11) is 1.18. The van der Waals surface area contributed by atoms with Crippen LogP contribution in [0.2, 0.25) is 5.02 Å². The van der Waals surface area contributed by atoms with Gasteiger partial charge in [0.1, 0.15) is 18.6 Å². The van der Waals surface area contributed by atoms with Gasteiger partial charge in [-0.3, -0.25) is 19.3 Å². The van der Waals surface area contributed by atoms with E-state index in [2.05, 4.69) is 15.4 Å². The lowest BCUT2D eigenvalue weighted by Crippen LogP contribution is -2.44. The molecule has 2 N–H and O–H groups in total. The Morgan fingerprint density at radius 1 is 1.33 bits per heavy atom. The number of benzene rings is 1. The highest BCUT2D eigenvalue weighted by atomic mass is 35.5. The van der Waals surface area contributed by atoms with Gasteiger partial charge in [-0.05, 0) is 13.0 Å². The Kier molecular flexibility index (Phi) is 5.08. The van der Waals surface area contributed by atoms with Crippen molar-refractivity contribution in [2.45, 2.75) is 12.5 Å². The molecular formula is C15H16ClN3O5. The second kappa shape index (κ2) is 6.88. The van der Waals surface area contributed by atoms with E-state index in [9.17, 15) is 19.2 Å². The monoisotopic (exact) mass is 353 g/mol. The number of rotatable bonds is 5. The van der Waals surface area contributed by atoms with Gasteiger partial charge in [0, 0.05) is 10.6 Å². The van der Waals surface area contributed by atoms with E-state index >= 15 is 0 Å². The minimum absolute atomic E-state index is 0.325. The number of nitrogens with zero attached hydrogens (tertiary/aromatic N) is 1. The molecule has 4 amide bonds. The summed E-state index contributed by atoms with van der Waals surface area (Å²) in [6.07, 6.45) is 0. The third-order valence-electron chi connectivity index (χ3n) is 3.65. The van der Waals surface area contributed by atoms with Crippen LogP contribution in [0.15, 0.2) is 24.3 Å². The van der Waals surface area contributed by atoms with Gasteiger partial charge in [0.2, 0.25) is 5.91 Å². The van der Waals surface area contributed by atoms with Crippen LogP contribution < -0.4 is 10.6 Å². The third kappa shape index (κ3) is 3.33. The minimum atomic E-state index is -1.36. The molecule has 1 aromatic rings. The molecule has 2 rings (SSSR count). The Hall–Kier alpha value is -2.61. The summed E-state index contributed by atoms with van der Waals surface area (Å²) < 4.78 is 4.39. The van der Waals surface area contributed by atoms with Gasteiger partial charge in [0.15, 0.2) is 0 Å². The fourth-order valence-electron chi connectivity index (χ4n) is 2.33. The maximum absolute atomic E-state index is 12.6. The smallest absolute Gasteiger partial charge is 0.325 e. The maximum atomic E-state index is 12.6. The highest BCUT2D eigenvalue weighted by Crippen LogP contribution is 2.33. The van der Waals surface area contributed by atoms with Gasteiger partial charge in [-0.25, -0.2) is 4.79 Å². The second-order valence-corrected chi connectivity index (χ2v) is 5.69. The van der Waals surface area contributed by atoms with E-state index in [1.807, 2.05) is 0 Å². The van der Waals surface area contributed by atoms with Crippen LogP contribution in [0, 0.1) is 0 Å². The van der Waals surface area contributed by atoms with Crippen molar-refractivity contribution in [3.05, 3.63) is 34.9 Å². The van der Waals surface area contributed by atoms with Crippen LogP contribution in [0.4, 0.5) is 4.79 Å². The number of halogens is 1. The van der Waals surface area contributed by atoms with Crippen molar-refractivity contribution in [3.63, 3.8) is 0 Å². The van der Waals surface area contributed by atoms with Crippen molar-refractivity contribution >= 4 is 35.4 Å². The molecule has 0 aliphatic carbocycles. The van der Waals surface area contributed by atoms with E-state index in [1.54, 1.807) is 24.3 Å². The van der Waals surface area contributed by atoms with Gasteiger partial charge in [-0.2, -0.15) is 0 Å². The molecule has 1 atom stereocenters. The summed E-state index contributed by atoms with van der Waals surface area (Å²) in [5.41, 5.74) is -0.930. The molecule has 9 heteroatoms. The van der Waals surface area contributed by atoms with Gasteiger partial charge >= 0.3 is 12.0 Å². The predicted molar refractivity (Wildman–Crippen MR) is 84.1 cm³/mol. The Labute approximate surface area is 143 Å². The van der Waals surface area contributed by atoms with Gasteiger partial charge in [-0.1, -0.05) is 29.8 Å². The molecule has 0 aromatic heterocycles. The lowest BCUT2D eigenvalue weighted by molar-refractivity contribution is -0.141. The molecule has 1 unspecified atom stereocenters. The Morgan fingerprint density at radius 2 is 2.00 bits per heavy atom. The minimum Gasteiger partial charge on any atom is -0.468 e. The van der Waals surface area contributed by atoms with Crippen LogP contribution in [0.3, 0.4) is 0 Å². The molecule has 1 heterocycles. The average molecular weight is 354 g/mol. The number of amides is 4. The largest absolute Gasteiger partial charge is 0.468 e. The first-order valence-corrected chi connectivity index (χ1v) is 7.40. The van der Waals surface area contributed by atoms with Crippen LogP contribution >= 0.6 is 11.6 Å². The van der Waals surface area contributed by atoms with Crippen molar-refractivity contribution in [2.24, 2.45) is 0 Å². The van der Waals surface area contributed by atoms with Gasteiger partial charge in [-0.15, -0.1) is 0 Å². The molecule has 1 aromatic carbocycles. The van der Waals surface area contributed by atoms with Gasteiger partial charge in [0.05, 0.1) is 7.11 Å². The molecule has 128 valence electrons. The van der Waals surface area contributed by atoms with E-state index < -0.39 is 35.9 Å². The van der Waals surface area contributed by atoms with Crippen LogP contribution in [0.5, 0.6) is 0 Å². The molecule has 1 aliphatic rings. The van der Waals surface area contributed by atoms with Crippen LogP contribution in [0.1, 0.15) is 12.5 Å². The van der Waals surface area contributed by atoms with Crippen LogP contribution in [0.25, 0.3) is 0 Å². The Balaban J connectivity index is 2.13. The number of imide groups is 1. The van der Waals surface area contributed by atoms with E-state index in [0.29, 0.717) is 10.6 Å². The van der Waals surface area contributed by atoms with E-state index in [4.69, 9.17) is 11.6 Å². The van der Waals surface area contributed by atoms with Gasteiger partial charge in [0.25, 0.3) is 5.91 Å². The highest BCUT2D eigenvalue weighted by molar-refractivity contribution is 6.32. The predicted octanol–water partition coefficient (Wildman–Crippen LogP) is 0.396. The van der Waals surface area contributed by atoms with Crippen molar-refractivity contribution in [1.29, 1.82) is 0 Å². The number of carbonyl (C=O) groups is 4.